The second-order valence-corrected chi connectivity index (χ2v) is 4.22. The van der Waals surface area contributed by atoms with Gasteiger partial charge in [0.1, 0.15) is 23.1 Å². The van der Waals surface area contributed by atoms with Gasteiger partial charge in [-0.05, 0) is 18.2 Å². The van der Waals surface area contributed by atoms with E-state index in [0.717, 1.165) is 6.07 Å². The van der Waals surface area contributed by atoms with Crippen LogP contribution >= 0.6 is 0 Å². The minimum atomic E-state index is -0.818. The van der Waals surface area contributed by atoms with Gasteiger partial charge in [0.2, 0.25) is 0 Å². The van der Waals surface area contributed by atoms with Crippen LogP contribution in [0, 0.1) is 11.6 Å². The second-order valence-electron chi connectivity index (χ2n) is 4.22. The molecule has 5 heteroatoms. The number of halogens is 2. The number of benzene rings is 2. The third-order valence-electron chi connectivity index (χ3n) is 3.07. The van der Waals surface area contributed by atoms with E-state index in [0.29, 0.717) is 17.1 Å². The largest absolute Gasteiger partial charge is 0.496 e. The lowest BCUT2D eigenvalue weighted by atomic mass is 9.97. The van der Waals surface area contributed by atoms with Crippen molar-refractivity contribution in [1.29, 1.82) is 0 Å². The maximum Gasteiger partial charge on any atom is 0.131 e. The summed E-state index contributed by atoms with van der Waals surface area (Å²) in [7, 11) is 2.98. The Morgan fingerprint density at radius 1 is 1.00 bits per heavy atom. The molecule has 0 spiro atoms. The molecule has 2 aromatic rings. The SMILES string of the molecule is COc1cccc(OC)c1C(N)c1ccc(F)cc1F. The van der Waals surface area contributed by atoms with E-state index >= 15 is 0 Å². The van der Waals surface area contributed by atoms with Crippen molar-refractivity contribution in [2.24, 2.45) is 5.73 Å². The van der Waals surface area contributed by atoms with Crippen LogP contribution in [-0.2, 0) is 0 Å². The van der Waals surface area contributed by atoms with Gasteiger partial charge < -0.3 is 15.2 Å². The summed E-state index contributed by atoms with van der Waals surface area (Å²) in [5, 5.41) is 0. The van der Waals surface area contributed by atoms with Gasteiger partial charge in [0.05, 0.1) is 25.8 Å². The Bertz CT molecular complexity index is 595. The molecule has 0 amide bonds. The molecule has 0 bridgehead atoms. The first-order valence-electron chi connectivity index (χ1n) is 6.00. The van der Waals surface area contributed by atoms with Crippen molar-refractivity contribution < 1.29 is 18.3 Å². The normalized spacial score (nSPS) is 12.1. The Morgan fingerprint density at radius 3 is 2.10 bits per heavy atom. The van der Waals surface area contributed by atoms with E-state index in [1.807, 2.05) is 0 Å². The van der Waals surface area contributed by atoms with Gasteiger partial charge in [-0.25, -0.2) is 8.78 Å². The van der Waals surface area contributed by atoms with Gasteiger partial charge >= 0.3 is 0 Å². The first-order valence-corrected chi connectivity index (χ1v) is 6.00. The molecule has 0 heterocycles. The van der Waals surface area contributed by atoms with Crippen molar-refractivity contribution in [3.63, 3.8) is 0 Å². The highest BCUT2D eigenvalue weighted by molar-refractivity contribution is 5.50. The van der Waals surface area contributed by atoms with Crippen molar-refractivity contribution >= 4 is 0 Å². The maximum atomic E-state index is 13.9. The lowest BCUT2D eigenvalue weighted by Crippen LogP contribution is -2.16. The smallest absolute Gasteiger partial charge is 0.131 e. The average molecular weight is 279 g/mol. The topological polar surface area (TPSA) is 44.5 Å². The van der Waals surface area contributed by atoms with Gasteiger partial charge in [-0.15, -0.1) is 0 Å². The fourth-order valence-corrected chi connectivity index (χ4v) is 2.10. The van der Waals surface area contributed by atoms with E-state index in [9.17, 15) is 8.78 Å². The van der Waals surface area contributed by atoms with Crippen LogP contribution in [0.2, 0.25) is 0 Å². The molecular formula is C15H15F2NO2. The highest BCUT2D eigenvalue weighted by atomic mass is 19.1. The number of rotatable bonds is 4. The van der Waals surface area contributed by atoms with Crippen LogP contribution < -0.4 is 15.2 Å². The molecule has 20 heavy (non-hydrogen) atoms. The van der Waals surface area contributed by atoms with Gasteiger partial charge in [-0.1, -0.05) is 12.1 Å². The molecule has 2 rings (SSSR count). The average Bonchev–Trinajstić information content (AvgIpc) is 2.45. The summed E-state index contributed by atoms with van der Waals surface area (Å²) in [6.45, 7) is 0. The highest BCUT2D eigenvalue weighted by Crippen LogP contribution is 2.36. The molecule has 2 N–H and O–H groups in total. The van der Waals surface area contributed by atoms with Crippen LogP contribution in [0.5, 0.6) is 11.5 Å². The molecule has 0 aliphatic heterocycles. The van der Waals surface area contributed by atoms with Gasteiger partial charge in [0.25, 0.3) is 0 Å². The Hall–Kier alpha value is -2.14. The Morgan fingerprint density at radius 2 is 1.60 bits per heavy atom. The zero-order chi connectivity index (χ0) is 14.7. The zero-order valence-electron chi connectivity index (χ0n) is 11.2. The predicted octanol–water partition coefficient (Wildman–Crippen LogP) is 3.03. The van der Waals surface area contributed by atoms with Crippen LogP contribution in [0.15, 0.2) is 36.4 Å². The number of hydrogen-bond acceptors (Lipinski definition) is 3. The molecule has 0 fully saturated rings. The summed E-state index contributed by atoms with van der Waals surface area (Å²) >= 11 is 0. The molecular weight excluding hydrogens is 264 g/mol. The highest BCUT2D eigenvalue weighted by Gasteiger charge is 2.21. The third kappa shape index (κ3) is 2.58. The van der Waals surface area contributed by atoms with Crippen molar-refractivity contribution in [2.45, 2.75) is 6.04 Å². The summed E-state index contributed by atoms with van der Waals surface area (Å²) in [5.41, 5.74) is 6.79. The minimum absolute atomic E-state index is 0.175. The molecule has 0 aliphatic carbocycles. The number of hydrogen-bond donors (Lipinski definition) is 1. The van der Waals surface area contributed by atoms with Crippen LogP contribution in [0.1, 0.15) is 17.2 Å². The Balaban J connectivity index is 2.55. The van der Waals surface area contributed by atoms with Crippen molar-refractivity contribution in [2.75, 3.05) is 14.2 Å². The third-order valence-corrected chi connectivity index (χ3v) is 3.07. The number of ether oxygens (including phenoxy) is 2. The quantitative estimate of drug-likeness (QED) is 0.935. The van der Waals surface area contributed by atoms with Crippen molar-refractivity contribution in [3.8, 4) is 11.5 Å². The van der Waals surface area contributed by atoms with Crippen LogP contribution in [0.4, 0.5) is 8.78 Å². The molecule has 2 aromatic carbocycles. The summed E-state index contributed by atoms with van der Waals surface area (Å²) in [6.07, 6.45) is 0. The monoisotopic (exact) mass is 279 g/mol. The molecule has 106 valence electrons. The lowest BCUT2D eigenvalue weighted by Gasteiger charge is -2.19. The standard InChI is InChI=1S/C15H15F2NO2/c1-19-12-4-3-5-13(20-2)14(12)15(18)10-7-6-9(16)8-11(10)17/h3-8,15H,18H2,1-2H3. The van der Waals surface area contributed by atoms with E-state index in [1.54, 1.807) is 18.2 Å². The molecule has 0 saturated heterocycles. The van der Waals surface area contributed by atoms with Crippen molar-refractivity contribution in [3.05, 3.63) is 59.2 Å². The van der Waals surface area contributed by atoms with E-state index in [2.05, 4.69) is 0 Å². The van der Waals surface area contributed by atoms with Gasteiger partial charge in [0.15, 0.2) is 0 Å². The summed E-state index contributed by atoms with van der Waals surface area (Å²) in [5.74, 6) is -0.378. The van der Waals surface area contributed by atoms with E-state index in [1.165, 1.54) is 26.4 Å². The molecule has 3 nitrogen and oxygen atoms in total. The molecule has 1 unspecified atom stereocenters. The fraction of sp³-hybridized carbons (Fsp3) is 0.200. The maximum absolute atomic E-state index is 13.9. The Kier molecular flexibility index (Phi) is 4.20. The van der Waals surface area contributed by atoms with Crippen molar-refractivity contribution in [1.82, 2.24) is 0 Å². The van der Waals surface area contributed by atoms with Crippen LogP contribution in [-0.4, -0.2) is 14.2 Å². The predicted molar refractivity (Wildman–Crippen MR) is 71.9 cm³/mol. The van der Waals surface area contributed by atoms with Gasteiger partial charge in [-0.2, -0.15) is 0 Å². The molecule has 0 radical (unpaired) electrons. The summed E-state index contributed by atoms with van der Waals surface area (Å²) in [4.78, 5) is 0. The summed E-state index contributed by atoms with van der Waals surface area (Å²) in [6, 6.07) is 7.63. The van der Waals surface area contributed by atoms with Crippen LogP contribution in [0.3, 0.4) is 0 Å². The zero-order valence-corrected chi connectivity index (χ0v) is 11.2. The minimum Gasteiger partial charge on any atom is -0.496 e. The van der Waals surface area contributed by atoms with Crippen LogP contribution in [0.25, 0.3) is 0 Å². The van der Waals surface area contributed by atoms with Gasteiger partial charge in [0, 0.05) is 11.6 Å². The molecule has 0 aliphatic rings. The van der Waals surface area contributed by atoms with E-state index in [4.69, 9.17) is 15.2 Å². The summed E-state index contributed by atoms with van der Waals surface area (Å²) < 4.78 is 37.3. The number of nitrogens with two attached hydrogens (primary N) is 1. The lowest BCUT2D eigenvalue weighted by molar-refractivity contribution is 0.381. The second kappa shape index (κ2) is 5.88. The first-order chi connectivity index (χ1) is 9.58. The Labute approximate surface area is 115 Å². The molecule has 0 saturated carbocycles. The first kappa shape index (κ1) is 14.3. The molecule has 1 atom stereocenters. The number of methoxy groups -OCH3 is 2. The van der Waals surface area contributed by atoms with E-state index < -0.39 is 17.7 Å². The van der Waals surface area contributed by atoms with E-state index in [-0.39, 0.29) is 5.56 Å². The molecule has 0 aromatic heterocycles. The van der Waals surface area contributed by atoms with Gasteiger partial charge in [-0.3, -0.25) is 0 Å². The fourth-order valence-electron chi connectivity index (χ4n) is 2.10.